The molecule has 0 aliphatic rings. The van der Waals surface area contributed by atoms with E-state index in [2.05, 4.69) is 5.16 Å². The predicted molar refractivity (Wildman–Crippen MR) is 63.9 cm³/mol. The van der Waals surface area contributed by atoms with E-state index in [9.17, 15) is 0 Å². The number of benzene rings is 1. The van der Waals surface area contributed by atoms with Crippen LogP contribution in [-0.4, -0.2) is 17.4 Å². The van der Waals surface area contributed by atoms with Crippen LogP contribution in [0, 0.1) is 13.8 Å². The number of hydrogen-bond acceptors (Lipinski definition) is 4. The lowest BCUT2D eigenvalue weighted by atomic mass is 10.00. The summed E-state index contributed by atoms with van der Waals surface area (Å²) in [4.78, 5) is 0. The minimum atomic E-state index is -0.113. The third-order valence-corrected chi connectivity index (χ3v) is 2.71. The summed E-state index contributed by atoms with van der Waals surface area (Å²) < 4.78 is 10.4. The van der Waals surface area contributed by atoms with Crippen LogP contribution in [0.1, 0.15) is 16.8 Å². The molecule has 4 heteroatoms. The monoisotopic (exact) mass is 233 g/mol. The second kappa shape index (κ2) is 4.59. The van der Waals surface area contributed by atoms with E-state index in [4.69, 9.17) is 14.4 Å². The van der Waals surface area contributed by atoms with Crippen molar-refractivity contribution in [3.8, 4) is 17.1 Å². The zero-order valence-corrected chi connectivity index (χ0v) is 10.2. The molecule has 0 radical (unpaired) electrons. The smallest absolute Gasteiger partial charge is 0.167 e. The van der Waals surface area contributed by atoms with Crippen LogP contribution in [0.4, 0.5) is 0 Å². The molecule has 1 heterocycles. The second-order valence-electron chi connectivity index (χ2n) is 3.98. The molecular formula is C13H15NO3. The first kappa shape index (κ1) is 11.7. The fourth-order valence-electron chi connectivity index (χ4n) is 1.93. The van der Waals surface area contributed by atoms with Crippen molar-refractivity contribution in [3.05, 3.63) is 35.0 Å². The molecule has 4 nitrogen and oxygen atoms in total. The van der Waals surface area contributed by atoms with Gasteiger partial charge in [-0.05, 0) is 37.1 Å². The largest absolute Gasteiger partial charge is 0.497 e. The molecule has 2 rings (SSSR count). The van der Waals surface area contributed by atoms with Crippen molar-refractivity contribution >= 4 is 0 Å². The third kappa shape index (κ3) is 2.17. The van der Waals surface area contributed by atoms with Crippen molar-refractivity contribution in [1.29, 1.82) is 0 Å². The number of methoxy groups -OCH3 is 1. The van der Waals surface area contributed by atoms with Crippen LogP contribution in [0.2, 0.25) is 0 Å². The first-order chi connectivity index (χ1) is 8.15. The topological polar surface area (TPSA) is 55.5 Å². The lowest BCUT2D eigenvalue weighted by molar-refractivity contribution is 0.267. The molecule has 0 aliphatic carbocycles. The molecule has 0 fully saturated rings. The molecule has 1 aromatic carbocycles. The van der Waals surface area contributed by atoms with E-state index in [-0.39, 0.29) is 6.61 Å². The molecule has 0 saturated heterocycles. The lowest BCUT2D eigenvalue weighted by Crippen LogP contribution is -1.90. The molecule has 1 N–H and O–H groups in total. The van der Waals surface area contributed by atoms with E-state index in [1.54, 1.807) is 13.2 Å². The van der Waals surface area contributed by atoms with Crippen LogP contribution in [-0.2, 0) is 6.61 Å². The Morgan fingerprint density at radius 1 is 1.24 bits per heavy atom. The highest BCUT2D eigenvalue weighted by Gasteiger charge is 2.13. The molecule has 0 aliphatic heterocycles. The number of aliphatic hydroxyl groups excluding tert-OH is 1. The van der Waals surface area contributed by atoms with Gasteiger partial charge in [-0.2, -0.15) is 0 Å². The minimum Gasteiger partial charge on any atom is -0.497 e. The van der Waals surface area contributed by atoms with Gasteiger partial charge in [0.2, 0.25) is 0 Å². The maximum absolute atomic E-state index is 8.98. The maximum atomic E-state index is 8.98. The third-order valence-electron chi connectivity index (χ3n) is 2.71. The van der Waals surface area contributed by atoms with E-state index in [1.807, 2.05) is 26.0 Å². The summed E-state index contributed by atoms with van der Waals surface area (Å²) in [7, 11) is 1.65. The number of hydrogen-bond donors (Lipinski definition) is 1. The van der Waals surface area contributed by atoms with Gasteiger partial charge in [0.25, 0.3) is 0 Å². The number of aryl methyl sites for hydroxylation is 2. The zero-order chi connectivity index (χ0) is 12.4. The summed E-state index contributed by atoms with van der Waals surface area (Å²) in [6, 6.07) is 5.65. The Balaban J connectivity index is 2.51. The van der Waals surface area contributed by atoms with Gasteiger partial charge in [-0.15, -0.1) is 0 Å². The average molecular weight is 233 g/mol. The van der Waals surface area contributed by atoms with Gasteiger partial charge in [0.1, 0.15) is 11.4 Å². The molecule has 0 bridgehead atoms. The summed E-state index contributed by atoms with van der Waals surface area (Å²) in [5.41, 5.74) is 3.65. The highest BCUT2D eigenvalue weighted by molar-refractivity contribution is 5.67. The van der Waals surface area contributed by atoms with Crippen molar-refractivity contribution in [1.82, 2.24) is 5.16 Å². The molecule has 0 spiro atoms. The Kier molecular flexibility index (Phi) is 3.15. The molecule has 90 valence electrons. The fourth-order valence-corrected chi connectivity index (χ4v) is 1.93. The zero-order valence-electron chi connectivity index (χ0n) is 10.2. The highest BCUT2D eigenvalue weighted by Crippen LogP contribution is 2.31. The van der Waals surface area contributed by atoms with Crippen molar-refractivity contribution in [2.75, 3.05) is 7.11 Å². The van der Waals surface area contributed by atoms with E-state index in [1.165, 1.54) is 0 Å². The SMILES string of the molecule is COc1cc(C)c(-c2cc(CO)no2)c(C)c1. The average Bonchev–Trinajstić information content (AvgIpc) is 2.76. The van der Waals surface area contributed by atoms with Gasteiger partial charge in [-0.1, -0.05) is 5.16 Å². The van der Waals surface area contributed by atoms with Gasteiger partial charge >= 0.3 is 0 Å². The van der Waals surface area contributed by atoms with Gasteiger partial charge < -0.3 is 14.4 Å². The number of nitrogens with zero attached hydrogens (tertiary/aromatic N) is 1. The maximum Gasteiger partial charge on any atom is 0.167 e. The summed E-state index contributed by atoms with van der Waals surface area (Å²) in [6.45, 7) is 3.87. The van der Waals surface area contributed by atoms with Crippen LogP contribution in [0.15, 0.2) is 22.7 Å². The molecule has 1 aromatic heterocycles. The summed E-state index contributed by atoms with van der Waals surface area (Å²) >= 11 is 0. The quantitative estimate of drug-likeness (QED) is 0.884. The molecule has 0 saturated carbocycles. The molecule has 0 atom stereocenters. The van der Waals surface area contributed by atoms with Crippen LogP contribution < -0.4 is 4.74 Å². The van der Waals surface area contributed by atoms with E-state index < -0.39 is 0 Å². The Bertz CT molecular complexity index is 508. The Labute approximate surface area is 99.8 Å². The first-order valence-corrected chi connectivity index (χ1v) is 5.37. The first-order valence-electron chi connectivity index (χ1n) is 5.37. The van der Waals surface area contributed by atoms with Crippen LogP contribution in [0.3, 0.4) is 0 Å². The van der Waals surface area contributed by atoms with Gasteiger partial charge in [0, 0.05) is 11.6 Å². The highest BCUT2D eigenvalue weighted by atomic mass is 16.5. The van der Waals surface area contributed by atoms with E-state index in [0.717, 1.165) is 22.4 Å². The normalized spacial score (nSPS) is 10.6. The second-order valence-corrected chi connectivity index (χ2v) is 3.98. The number of ether oxygens (including phenoxy) is 1. The lowest BCUT2D eigenvalue weighted by Gasteiger charge is -2.09. The van der Waals surface area contributed by atoms with Gasteiger partial charge in [0.15, 0.2) is 5.76 Å². The van der Waals surface area contributed by atoms with Gasteiger partial charge in [-0.3, -0.25) is 0 Å². The van der Waals surface area contributed by atoms with Crippen molar-refractivity contribution in [3.63, 3.8) is 0 Å². The van der Waals surface area contributed by atoms with Gasteiger partial charge in [0.05, 0.1) is 13.7 Å². The minimum absolute atomic E-state index is 0.113. The summed E-state index contributed by atoms with van der Waals surface area (Å²) in [5.74, 6) is 1.50. The van der Waals surface area contributed by atoms with Crippen LogP contribution in [0.25, 0.3) is 11.3 Å². The summed E-state index contributed by atoms with van der Waals surface area (Å²) in [5, 5.41) is 12.8. The van der Waals surface area contributed by atoms with Crippen LogP contribution in [0.5, 0.6) is 5.75 Å². The Hall–Kier alpha value is -1.81. The van der Waals surface area contributed by atoms with Crippen molar-refractivity contribution < 1.29 is 14.4 Å². The number of aromatic nitrogens is 1. The Morgan fingerprint density at radius 2 is 1.88 bits per heavy atom. The van der Waals surface area contributed by atoms with Crippen molar-refractivity contribution in [2.24, 2.45) is 0 Å². The summed E-state index contributed by atoms with van der Waals surface area (Å²) in [6.07, 6.45) is 0. The van der Waals surface area contributed by atoms with E-state index in [0.29, 0.717) is 11.5 Å². The molecule has 0 amide bonds. The number of rotatable bonds is 3. The Morgan fingerprint density at radius 3 is 2.35 bits per heavy atom. The molecule has 0 unspecified atom stereocenters. The van der Waals surface area contributed by atoms with Crippen LogP contribution >= 0.6 is 0 Å². The fraction of sp³-hybridized carbons (Fsp3) is 0.308. The van der Waals surface area contributed by atoms with Crippen molar-refractivity contribution in [2.45, 2.75) is 20.5 Å². The molecule has 2 aromatic rings. The standard InChI is InChI=1S/C13H15NO3/c1-8-4-11(16-3)5-9(2)13(8)12-6-10(7-15)14-17-12/h4-6,15H,7H2,1-3H3. The number of aliphatic hydroxyl groups is 1. The van der Waals surface area contributed by atoms with E-state index >= 15 is 0 Å². The molecular weight excluding hydrogens is 218 g/mol. The predicted octanol–water partition coefficient (Wildman–Crippen LogP) is 2.46. The van der Waals surface area contributed by atoms with Gasteiger partial charge in [-0.25, -0.2) is 0 Å². The molecule has 17 heavy (non-hydrogen) atoms.